The summed E-state index contributed by atoms with van der Waals surface area (Å²) in [6.07, 6.45) is 1.65. The molecule has 1 rings (SSSR count). The van der Waals surface area contributed by atoms with E-state index in [-0.39, 0.29) is 12.4 Å². The minimum atomic E-state index is -0.608. The molecule has 0 aliphatic carbocycles. The van der Waals surface area contributed by atoms with Gasteiger partial charge in [-0.15, -0.1) is 0 Å². The highest BCUT2D eigenvalue weighted by Crippen LogP contribution is 2.28. The molecule has 5 nitrogen and oxygen atoms in total. The summed E-state index contributed by atoms with van der Waals surface area (Å²) in [7, 11) is 1.53. The molecule has 2 atom stereocenters. The third-order valence-corrected chi connectivity index (χ3v) is 3.88. The van der Waals surface area contributed by atoms with Crippen molar-refractivity contribution in [1.82, 2.24) is 5.32 Å². The quantitative estimate of drug-likeness (QED) is 0.608. The molecule has 0 aliphatic rings. The fraction of sp³-hybridized carbons (Fsp3) is 0.632. The van der Waals surface area contributed by atoms with Crippen LogP contribution in [0, 0.1) is 5.92 Å². The lowest BCUT2D eigenvalue weighted by Crippen LogP contribution is -2.36. The highest BCUT2D eigenvalue weighted by atomic mass is 16.5. The lowest BCUT2D eigenvalue weighted by molar-refractivity contribution is 0.100. The van der Waals surface area contributed by atoms with E-state index in [0.29, 0.717) is 35.6 Å². The first-order valence-corrected chi connectivity index (χ1v) is 8.56. The fourth-order valence-corrected chi connectivity index (χ4v) is 2.27. The van der Waals surface area contributed by atoms with Crippen LogP contribution in [0.5, 0.6) is 11.5 Å². The average Bonchev–Trinajstić information content (AvgIpc) is 2.55. The molecule has 0 radical (unpaired) electrons. The minimum absolute atomic E-state index is 0.0283. The van der Waals surface area contributed by atoms with Gasteiger partial charge in [0, 0.05) is 18.2 Å². The fourth-order valence-electron chi connectivity index (χ4n) is 2.27. The van der Waals surface area contributed by atoms with Crippen molar-refractivity contribution in [1.29, 1.82) is 0 Å². The van der Waals surface area contributed by atoms with E-state index in [1.807, 2.05) is 0 Å². The van der Waals surface area contributed by atoms with Gasteiger partial charge in [0.2, 0.25) is 0 Å². The van der Waals surface area contributed by atoms with E-state index in [1.165, 1.54) is 20.5 Å². The zero-order chi connectivity index (χ0) is 18.1. The van der Waals surface area contributed by atoms with E-state index < -0.39 is 6.10 Å². The lowest BCUT2D eigenvalue weighted by Gasteiger charge is -2.19. The summed E-state index contributed by atoms with van der Waals surface area (Å²) in [5.74, 6) is 1.68. The number of Topliss-reactive ketones (excluding diaryl/α,β-unsaturated/α-hetero) is 1. The Bertz CT molecular complexity index is 516. The van der Waals surface area contributed by atoms with Crippen molar-refractivity contribution in [3.63, 3.8) is 0 Å². The van der Waals surface area contributed by atoms with Gasteiger partial charge in [0.05, 0.1) is 7.11 Å². The Hall–Kier alpha value is -1.59. The number of carbonyl (C=O) groups is 1. The first kappa shape index (κ1) is 20.5. The molecule has 0 aliphatic heterocycles. The Kier molecular flexibility index (Phi) is 8.79. The molecule has 0 spiro atoms. The van der Waals surface area contributed by atoms with Crippen molar-refractivity contribution in [2.24, 2.45) is 5.92 Å². The molecule has 0 saturated carbocycles. The van der Waals surface area contributed by atoms with Gasteiger partial charge in [-0.3, -0.25) is 4.79 Å². The molecular weight excluding hydrogens is 306 g/mol. The number of aliphatic hydroxyl groups excluding tert-OH is 1. The van der Waals surface area contributed by atoms with Crippen LogP contribution >= 0.6 is 0 Å². The first-order chi connectivity index (χ1) is 11.3. The maximum absolute atomic E-state index is 11.4. The molecule has 2 unspecified atom stereocenters. The SMILES string of the molecule is COc1cc(C(C)=O)ccc1OCC(O)CNC(C)CCC(C)C. The van der Waals surface area contributed by atoms with Gasteiger partial charge >= 0.3 is 0 Å². The number of ether oxygens (including phenoxy) is 2. The van der Waals surface area contributed by atoms with Gasteiger partial charge in [-0.25, -0.2) is 0 Å². The van der Waals surface area contributed by atoms with Crippen LogP contribution in [0.25, 0.3) is 0 Å². The zero-order valence-corrected chi connectivity index (χ0v) is 15.5. The first-order valence-electron chi connectivity index (χ1n) is 8.56. The Morgan fingerprint density at radius 1 is 1.21 bits per heavy atom. The predicted molar refractivity (Wildman–Crippen MR) is 96.0 cm³/mol. The normalized spacial score (nSPS) is 13.6. The standard InChI is InChI=1S/C19H31NO4/c1-13(2)6-7-14(3)20-11-17(22)12-24-18-9-8-16(15(4)21)10-19(18)23-5/h8-10,13-14,17,20,22H,6-7,11-12H2,1-5H3. The summed E-state index contributed by atoms with van der Waals surface area (Å²) in [4.78, 5) is 11.4. The second kappa shape index (κ2) is 10.3. The second-order valence-corrected chi connectivity index (χ2v) is 6.67. The summed E-state index contributed by atoms with van der Waals surface area (Å²) in [5, 5.41) is 13.4. The van der Waals surface area contributed by atoms with E-state index in [0.717, 1.165) is 6.42 Å². The Balaban J connectivity index is 2.43. The molecule has 0 heterocycles. The largest absolute Gasteiger partial charge is 0.493 e. The number of hydrogen-bond donors (Lipinski definition) is 2. The van der Waals surface area contributed by atoms with Crippen LogP contribution < -0.4 is 14.8 Å². The molecule has 24 heavy (non-hydrogen) atoms. The molecule has 1 aromatic carbocycles. The molecule has 0 saturated heterocycles. The maximum Gasteiger partial charge on any atom is 0.161 e. The lowest BCUT2D eigenvalue weighted by atomic mass is 10.0. The molecule has 0 aromatic heterocycles. The Morgan fingerprint density at radius 3 is 2.50 bits per heavy atom. The van der Waals surface area contributed by atoms with Crippen molar-refractivity contribution in [3.05, 3.63) is 23.8 Å². The molecule has 2 N–H and O–H groups in total. The van der Waals surface area contributed by atoms with Gasteiger partial charge in [0.1, 0.15) is 12.7 Å². The monoisotopic (exact) mass is 337 g/mol. The third-order valence-electron chi connectivity index (χ3n) is 3.88. The van der Waals surface area contributed by atoms with E-state index in [2.05, 4.69) is 26.1 Å². The molecule has 0 amide bonds. The number of methoxy groups -OCH3 is 1. The van der Waals surface area contributed by atoms with Crippen molar-refractivity contribution < 1.29 is 19.4 Å². The van der Waals surface area contributed by atoms with Crippen LogP contribution in [0.2, 0.25) is 0 Å². The molecule has 0 bridgehead atoms. The summed E-state index contributed by atoms with van der Waals surface area (Å²) in [5.41, 5.74) is 0.570. The van der Waals surface area contributed by atoms with E-state index >= 15 is 0 Å². The maximum atomic E-state index is 11.4. The summed E-state index contributed by atoms with van der Waals surface area (Å²) < 4.78 is 10.9. The number of nitrogens with one attached hydrogen (secondary N) is 1. The van der Waals surface area contributed by atoms with E-state index in [9.17, 15) is 9.90 Å². The smallest absolute Gasteiger partial charge is 0.161 e. The topological polar surface area (TPSA) is 67.8 Å². The van der Waals surface area contributed by atoms with Gasteiger partial charge in [-0.05, 0) is 50.8 Å². The van der Waals surface area contributed by atoms with Crippen molar-refractivity contribution >= 4 is 5.78 Å². The van der Waals surface area contributed by atoms with Gasteiger partial charge < -0.3 is 19.9 Å². The van der Waals surface area contributed by atoms with Crippen molar-refractivity contribution in [2.45, 2.75) is 52.7 Å². The van der Waals surface area contributed by atoms with Crippen molar-refractivity contribution in [2.75, 3.05) is 20.3 Å². The van der Waals surface area contributed by atoms with E-state index in [1.54, 1.807) is 18.2 Å². The molecule has 136 valence electrons. The van der Waals surface area contributed by atoms with Crippen LogP contribution in [0.15, 0.2) is 18.2 Å². The molecular formula is C19H31NO4. The number of benzene rings is 1. The summed E-state index contributed by atoms with van der Waals surface area (Å²) >= 11 is 0. The van der Waals surface area contributed by atoms with Crippen LogP contribution in [0.1, 0.15) is 50.9 Å². The Morgan fingerprint density at radius 2 is 1.92 bits per heavy atom. The van der Waals surface area contributed by atoms with E-state index in [4.69, 9.17) is 9.47 Å². The van der Waals surface area contributed by atoms with Gasteiger partial charge in [0.15, 0.2) is 17.3 Å². The minimum Gasteiger partial charge on any atom is -0.493 e. The second-order valence-electron chi connectivity index (χ2n) is 6.67. The summed E-state index contributed by atoms with van der Waals surface area (Å²) in [6, 6.07) is 5.40. The van der Waals surface area contributed by atoms with Crippen LogP contribution in [0.3, 0.4) is 0 Å². The zero-order valence-electron chi connectivity index (χ0n) is 15.5. The highest BCUT2D eigenvalue weighted by molar-refractivity contribution is 5.94. The number of aliphatic hydroxyl groups is 1. The van der Waals surface area contributed by atoms with Gasteiger partial charge in [0.25, 0.3) is 0 Å². The Labute approximate surface area is 145 Å². The van der Waals surface area contributed by atoms with Gasteiger partial charge in [-0.2, -0.15) is 0 Å². The summed E-state index contributed by atoms with van der Waals surface area (Å²) in [6.45, 7) is 8.69. The number of rotatable bonds is 11. The predicted octanol–water partition coefficient (Wildman–Crippen LogP) is 3.05. The molecule has 5 heteroatoms. The molecule has 1 aromatic rings. The number of hydrogen-bond acceptors (Lipinski definition) is 5. The van der Waals surface area contributed by atoms with Crippen LogP contribution in [-0.4, -0.2) is 43.3 Å². The average molecular weight is 337 g/mol. The van der Waals surface area contributed by atoms with Crippen LogP contribution in [0.4, 0.5) is 0 Å². The number of ketones is 1. The highest BCUT2D eigenvalue weighted by Gasteiger charge is 2.12. The number of carbonyl (C=O) groups excluding carboxylic acids is 1. The van der Waals surface area contributed by atoms with Gasteiger partial charge in [-0.1, -0.05) is 13.8 Å². The third kappa shape index (κ3) is 7.32. The molecule has 0 fully saturated rings. The van der Waals surface area contributed by atoms with Crippen LogP contribution in [-0.2, 0) is 0 Å². The van der Waals surface area contributed by atoms with Crippen molar-refractivity contribution in [3.8, 4) is 11.5 Å².